The standard InChI is InChI=1S/C24H20ClN3O2S/c1-14-6-8-18(11-16(14)3)27-10-4-5-17(27)12-20-22(29)26-24(31)28(23(20)30)19-9-7-15(2)21(25)13-19/h4-13H,1-3H3,(H,26,29,31)/b20-12+. The van der Waals surface area contributed by atoms with E-state index in [1.807, 2.05) is 48.9 Å². The largest absolute Gasteiger partial charge is 0.317 e. The molecule has 4 rings (SSSR count). The van der Waals surface area contributed by atoms with E-state index in [4.69, 9.17) is 23.8 Å². The molecule has 0 radical (unpaired) electrons. The SMILES string of the molecule is Cc1ccc(-n2cccc2/C=C2\C(=O)NC(=S)N(c3ccc(C)c(Cl)c3)C2=O)cc1C. The number of halogens is 1. The maximum Gasteiger partial charge on any atom is 0.270 e. The molecule has 1 aliphatic heterocycles. The summed E-state index contributed by atoms with van der Waals surface area (Å²) < 4.78 is 1.93. The van der Waals surface area contributed by atoms with Crippen LogP contribution in [0.2, 0.25) is 5.02 Å². The van der Waals surface area contributed by atoms with E-state index in [1.165, 1.54) is 10.5 Å². The summed E-state index contributed by atoms with van der Waals surface area (Å²) in [7, 11) is 0. The van der Waals surface area contributed by atoms with Crippen LogP contribution < -0.4 is 10.2 Å². The van der Waals surface area contributed by atoms with Gasteiger partial charge in [0.25, 0.3) is 11.8 Å². The van der Waals surface area contributed by atoms with E-state index in [2.05, 4.69) is 18.3 Å². The molecule has 31 heavy (non-hydrogen) atoms. The molecule has 0 saturated carbocycles. The zero-order chi connectivity index (χ0) is 22.3. The molecule has 0 aliphatic carbocycles. The van der Waals surface area contributed by atoms with Crippen LogP contribution in [0, 0.1) is 20.8 Å². The Labute approximate surface area is 190 Å². The lowest BCUT2D eigenvalue weighted by Gasteiger charge is -2.29. The van der Waals surface area contributed by atoms with Gasteiger partial charge in [-0.2, -0.15) is 0 Å². The Hall–Kier alpha value is -3.22. The smallest absolute Gasteiger partial charge is 0.270 e. The molecule has 1 saturated heterocycles. The van der Waals surface area contributed by atoms with Crippen molar-refractivity contribution in [3.63, 3.8) is 0 Å². The predicted molar refractivity (Wildman–Crippen MR) is 128 cm³/mol. The monoisotopic (exact) mass is 449 g/mol. The van der Waals surface area contributed by atoms with Gasteiger partial charge in [0.15, 0.2) is 5.11 Å². The van der Waals surface area contributed by atoms with Crippen LogP contribution in [0.25, 0.3) is 11.8 Å². The van der Waals surface area contributed by atoms with Crippen molar-refractivity contribution in [1.82, 2.24) is 9.88 Å². The number of nitrogens with one attached hydrogen (secondary N) is 1. The Bertz CT molecular complexity index is 1280. The molecule has 2 heterocycles. The molecule has 156 valence electrons. The van der Waals surface area contributed by atoms with E-state index in [-0.39, 0.29) is 10.7 Å². The lowest BCUT2D eigenvalue weighted by molar-refractivity contribution is -0.122. The minimum absolute atomic E-state index is 0.00548. The number of nitrogens with zero attached hydrogens (tertiary/aromatic N) is 2. The summed E-state index contributed by atoms with van der Waals surface area (Å²) in [4.78, 5) is 27.2. The number of rotatable bonds is 3. The van der Waals surface area contributed by atoms with Gasteiger partial charge >= 0.3 is 0 Å². The van der Waals surface area contributed by atoms with Crippen molar-refractivity contribution < 1.29 is 9.59 Å². The van der Waals surface area contributed by atoms with Crippen LogP contribution in [0.1, 0.15) is 22.4 Å². The molecule has 5 nitrogen and oxygen atoms in total. The average molecular weight is 450 g/mol. The predicted octanol–water partition coefficient (Wildman–Crippen LogP) is 4.89. The van der Waals surface area contributed by atoms with Gasteiger partial charge in [-0.1, -0.05) is 23.7 Å². The fraction of sp³-hybridized carbons (Fsp3) is 0.125. The van der Waals surface area contributed by atoms with Crippen LogP contribution in [0.15, 0.2) is 60.3 Å². The van der Waals surface area contributed by atoms with E-state index in [0.717, 1.165) is 16.8 Å². The summed E-state index contributed by atoms with van der Waals surface area (Å²) in [6.45, 7) is 5.97. The molecule has 1 aliphatic rings. The Morgan fingerprint density at radius 3 is 2.35 bits per heavy atom. The zero-order valence-corrected chi connectivity index (χ0v) is 18.8. The molecule has 7 heteroatoms. The van der Waals surface area contributed by atoms with Crippen molar-refractivity contribution in [2.45, 2.75) is 20.8 Å². The molecular weight excluding hydrogens is 430 g/mol. The Morgan fingerprint density at radius 2 is 1.65 bits per heavy atom. The first-order chi connectivity index (χ1) is 14.8. The number of benzene rings is 2. The quantitative estimate of drug-likeness (QED) is 0.352. The lowest BCUT2D eigenvalue weighted by Crippen LogP contribution is -2.54. The van der Waals surface area contributed by atoms with Gasteiger partial charge in [-0.25, -0.2) is 0 Å². The van der Waals surface area contributed by atoms with Crippen LogP contribution in [0.3, 0.4) is 0 Å². The maximum absolute atomic E-state index is 13.3. The van der Waals surface area contributed by atoms with E-state index in [9.17, 15) is 9.59 Å². The zero-order valence-electron chi connectivity index (χ0n) is 17.3. The van der Waals surface area contributed by atoms with Crippen LogP contribution in [0.4, 0.5) is 5.69 Å². The second-order valence-electron chi connectivity index (χ2n) is 7.46. The highest BCUT2D eigenvalue weighted by atomic mass is 35.5. The fourth-order valence-corrected chi connectivity index (χ4v) is 3.84. The fourth-order valence-electron chi connectivity index (χ4n) is 3.38. The molecule has 0 spiro atoms. The molecule has 1 fully saturated rings. The van der Waals surface area contributed by atoms with Gasteiger partial charge in [-0.05, 0) is 92.2 Å². The second kappa shape index (κ2) is 8.13. The summed E-state index contributed by atoms with van der Waals surface area (Å²) in [5.74, 6) is -1.03. The normalized spacial score (nSPS) is 15.5. The van der Waals surface area contributed by atoms with Crippen LogP contribution in [-0.2, 0) is 9.59 Å². The first kappa shape index (κ1) is 21.0. The minimum Gasteiger partial charge on any atom is -0.317 e. The van der Waals surface area contributed by atoms with Gasteiger partial charge in [0.2, 0.25) is 0 Å². The number of amides is 2. The molecule has 0 atom stereocenters. The molecule has 1 N–H and O–H groups in total. The third-order valence-electron chi connectivity index (χ3n) is 5.36. The number of hydrogen-bond donors (Lipinski definition) is 1. The number of carbonyl (C=O) groups excluding carboxylic acids is 2. The second-order valence-corrected chi connectivity index (χ2v) is 8.26. The highest BCUT2D eigenvalue weighted by Gasteiger charge is 2.34. The van der Waals surface area contributed by atoms with Crippen molar-refractivity contribution in [2.75, 3.05) is 4.90 Å². The first-order valence-electron chi connectivity index (χ1n) is 9.69. The highest BCUT2D eigenvalue weighted by Crippen LogP contribution is 2.27. The van der Waals surface area contributed by atoms with Gasteiger partial charge in [0.05, 0.1) is 5.69 Å². The minimum atomic E-state index is -0.530. The molecule has 0 unspecified atom stereocenters. The highest BCUT2D eigenvalue weighted by molar-refractivity contribution is 7.80. The van der Waals surface area contributed by atoms with Crippen LogP contribution in [-0.4, -0.2) is 21.5 Å². The molecule has 2 aromatic carbocycles. The van der Waals surface area contributed by atoms with Gasteiger partial charge in [0, 0.05) is 22.6 Å². The van der Waals surface area contributed by atoms with E-state index >= 15 is 0 Å². The van der Waals surface area contributed by atoms with Gasteiger partial charge < -0.3 is 4.57 Å². The van der Waals surface area contributed by atoms with E-state index < -0.39 is 11.8 Å². The number of thiocarbonyl (C=S) groups is 1. The Balaban J connectivity index is 1.75. The Kier molecular flexibility index (Phi) is 5.52. The van der Waals surface area contributed by atoms with Gasteiger partial charge in [0.1, 0.15) is 5.57 Å². The van der Waals surface area contributed by atoms with Crippen LogP contribution >= 0.6 is 23.8 Å². The number of anilines is 1. The molecular formula is C24H20ClN3O2S. The average Bonchev–Trinajstić information content (AvgIpc) is 3.18. The molecule has 3 aromatic rings. The third-order valence-corrected chi connectivity index (χ3v) is 6.05. The van der Waals surface area contributed by atoms with Crippen molar-refractivity contribution in [3.05, 3.63) is 87.7 Å². The van der Waals surface area contributed by atoms with Gasteiger partial charge in [-0.3, -0.25) is 19.8 Å². The van der Waals surface area contributed by atoms with Crippen molar-refractivity contribution in [3.8, 4) is 5.69 Å². The first-order valence-corrected chi connectivity index (χ1v) is 10.5. The topological polar surface area (TPSA) is 54.3 Å². The summed E-state index contributed by atoms with van der Waals surface area (Å²) in [5, 5.41) is 3.15. The van der Waals surface area contributed by atoms with E-state index in [0.29, 0.717) is 16.4 Å². The lowest BCUT2D eigenvalue weighted by atomic mass is 10.1. The number of aryl methyl sites for hydroxylation is 3. The van der Waals surface area contributed by atoms with Crippen LogP contribution in [0.5, 0.6) is 0 Å². The molecule has 2 amide bonds. The summed E-state index contributed by atoms with van der Waals surface area (Å²) in [5.41, 5.74) is 5.38. The van der Waals surface area contributed by atoms with Crippen molar-refractivity contribution >= 4 is 52.5 Å². The van der Waals surface area contributed by atoms with Gasteiger partial charge in [-0.15, -0.1) is 0 Å². The van der Waals surface area contributed by atoms with Crippen molar-refractivity contribution in [1.29, 1.82) is 0 Å². The number of carbonyl (C=O) groups is 2. The summed E-state index contributed by atoms with van der Waals surface area (Å²) in [6, 6.07) is 15.0. The van der Waals surface area contributed by atoms with E-state index in [1.54, 1.807) is 24.3 Å². The number of aromatic nitrogens is 1. The number of hydrogen-bond acceptors (Lipinski definition) is 3. The van der Waals surface area contributed by atoms with Crippen molar-refractivity contribution in [2.24, 2.45) is 0 Å². The summed E-state index contributed by atoms with van der Waals surface area (Å²) >= 11 is 11.5. The molecule has 1 aromatic heterocycles. The third kappa shape index (κ3) is 3.92. The molecule has 0 bridgehead atoms. The maximum atomic E-state index is 13.3. The Morgan fingerprint density at radius 1 is 0.935 bits per heavy atom. The summed E-state index contributed by atoms with van der Waals surface area (Å²) in [6.07, 6.45) is 3.47.